The fourth-order valence-corrected chi connectivity index (χ4v) is 4.14. The Labute approximate surface area is 119 Å². The first-order valence-corrected chi connectivity index (χ1v) is 7.49. The highest BCUT2D eigenvalue weighted by atomic mass is 16.5. The second-order valence-corrected chi connectivity index (χ2v) is 6.15. The third kappa shape index (κ3) is 1.50. The zero-order valence-electron chi connectivity index (χ0n) is 11.8. The predicted octanol–water partition coefficient (Wildman–Crippen LogP) is 2.74. The summed E-state index contributed by atoms with van der Waals surface area (Å²) in [7, 11) is 1.69. The Balaban J connectivity index is 1.96. The Bertz CT molecular complexity index is 578. The lowest BCUT2D eigenvalue weighted by atomic mass is 9.69. The van der Waals surface area contributed by atoms with E-state index < -0.39 is 6.10 Å². The van der Waals surface area contributed by atoms with Gasteiger partial charge in [0.15, 0.2) is 11.5 Å². The smallest absolute Gasteiger partial charge is 0.166 e. The van der Waals surface area contributed by atoms with Crippen molar-refractivity contribution in [2.45, 2.75) is 49.7 Å². The summed E-state index contributed by atoms with van der Waals surface area (Å²) in [5, 5.41) is 9.93. The largest absolute Gasteiger partial charge is 0.493 e. The minimum absolute atomic E-state index is 0.0467. The van der Waals surface area contributed by atoms with E-state index in [0.717, 1.165) is 24.3 Å². The van der Waals surface area contributed by atoms with Gasteiger partial charge in [-0.3, -0.25) is 0 Å². The molecule has 0 fully saturated rings. The van der Waals surface area contributed by atoms with E-state index in [2.05, 4.69) is 12.1 Å². The van der Waals surface area contributed by atoms with E-state index in [0.29, 0.717) is 6.42 Å². The molecule has 0 amide bonds. The Hall–Kier alpha value is -1.48. The van der Waals surface area contributed by atoms with Gasteiger partial charge in [0.05, 0.1) is 18.6 Å². The van der Waals surface area contributed by atoms with Crippen LogP contribution in [0.5, 0.6) is 11.5 Å². The van der Waals surface area contributed by atoms with Crippen molar-refractivity contribution in [3.8, 4) is 11.5 Å². The van der Waals surface area contributed by atoms with E-state index in [1.54, 1.807) is 7.11 Å². The highest BCUT2D eigenvalue weighted by Crippen LogP contribution is 2.56. The number of methoxy groups -OCH3 is 1. The Morgan fingerprint density at radius 2 is 2.25 bits per heavy atom. The summed E-state index contributed by atoms with van der Waals surface area (Å²) in [6.45, 7) is 0. The molecular formula is C17H20O3. The average Bonchev–Trinajstić information content (AvgIpc) is 2.66. The Morgan fingerprint density at radius 1 is 1.35 bits per heavy atom. The quantitative estimate of drug-likeness (QED) is 0.799. The molecule has 1 aromatic carbocycles. The molecular weight excluding hydrogens is 252 g/mol. The van der Waals surface area contributed by atoms with Gasteiger partial charge in [-0.15, -0.1) is 0 Å². The van der Waals surface area contributed by atoms with Gasteiger partial charge >= 0.3 is 0 Å². The highest BCUT2D eigenvalue weighted by Gasteiger charge is 2.51. The van der Waals surface area contributed by atoms with Gasteiger partial charge in [0, 0.05) is 12.0 Å². The summed E-state index contributed by atoms with van der Waals surface area (Å²) in [5.74, 6) is 1.73. The van der Waals surface area contributed by atoms with Crippen molar-refractivity contribution in [2.24, 2.45) is 0 Å². The first kappa shape index (κ1) is 12.3. The molecule has 0 saturated carbocycles. The molecule has 1 heterocycles. The van der Waals surface area contributed by atoms with E-state index in [1.165, 1.54) is 24.0 Å². The van der Waals surface area contributed by atoms with Crippen LogP contribution in [0.2, 0.25) is 0 Å². The third-order valence-electron chi connectivity index (χ3n) is 5.09. The van der Waals surface area contributed by atoms with Gasteiger partial charge in [-0.25, -0.2) is 0 Å². The summed E-state index contributed by atoms with van der Waals surface area (Å²) < 4.78 is 11.7. The van der Waals surface area contributed by atoms with Crippen LogP contribution >= 0.6 is 0 Å². The van der Waals surface area contributed by atoms with Crippen LogP contribution in [0.3, 0.4) is 0 Å². The van der Waals surface area contributed by atoms with Gasteiger partial charge in [0.25, 0.3) is 0 Å². The molecule has 1 N–H and O–H groups in total. The van der Waals surface area contributed by atoms with Crippen LogP contribution in [0.25, 0.3) is 0 Å². The number of rotatable bonds is 1. The SMILES string of the molecule is COc1ccc2c3c1O[C@H]1C[C@@H](O)C=C[C@@]31CCCC2. The topological polar surface area (TPSA) is 38.7 Å². The summed E-state index contributed by atoms with van der Waals surface area (Å²) >= 11 is 0. The fraction of sp³-hybridized carbons (Fsp3) is 0.529. The minimum atomic E-state index is -0.391. The van der Waals surface area contributed by atoms with Gasteiger partial charge in [0.1, 0.15) is 6.10 Å². The third-order valence-corrected chi connectivity index (χ3v) is 5.09. The second-order valence-electron chi connectivity index (χ2n) is 6.15. The monoisotopic (exact) mass is 272 g/mol. The van der Waals surface area contributed by atoms with Crippen molar-refractivity contribution in [2.75, 3.05) is 7.11 Å². The first-order chi connectivity index (χ1) is 9.74. The van der Waals surface area contributed by atoms with Gasteiger partial charge in [0.2, 0.25) is 0 Å². The van der Waals surface area contributed by atoms with Crippen molar-refractivity contribution >= 4 is 0 Å². The first-order valence-electron chi connectivity index (χ1n) is 7.49. The van der Waals surface area contributed by atoms with Gasteiger partial charge in [-0.2, -0.15) is 0 Å². The summed E-state index contributed by atoms with van der Waals surface area (Å²) in [6.07, 6.45) is 9.13. The van der Waals surface area contributed by atoms with E-state index in [4.69, 9.17) is 9.47 Å². The van der Waals surface area contributed by atoms with Gasteiger partial charge in [-0.1, -0.05) is 24.6 Å². The molecule has 2 aliphatic carbocycles. The molecule has 3 nitrogen and oxygen atoms in total. The summed E-state index contributed by atoms with van der Waals surface area (Å²) in [4.78, 5) is 0. The van der Waals surface area contributed by atoms with E-state index >= 15 is 0 Å². The van der Waals surface area contributed by atoms with Crippen LogP contribution in [0.1, 0.15) is 36.8 Å². The minimum Gasteiger partial charge on any atom is -0.493 e. The average molecular weight is 272 g/mol. The predicted molar refractivity (Wildman–Crippen MR) is 76.4 cm³/mol. The number of hydrogen-bond donors (Lipinski definition) is 1. The van der Waals surface area contributed by atoms with Crippen molar-refractivity contribution in [1.29, 1.82) is 0 Å². The standard InChI is InChI=1S/C17H20O3/c1-19-13-6-5-11-4-2-3-8-17-9-7-12(18)10-14(17)20-16(13)15(11)17/h5-7,9,12,14,18H,2-4,8,10H2,1H3/t12-,14-,17+/m0/s1. The van der Waals surface area contributed by atoms with Gasteiger partial charge < -0.3 is 14.6 Å². The lowest BCUT2D eigenvalue weighted by Crippen LogP contribution is -2.41. The molecule has 0 bridgehead atoms. The van der Waals surface area contributed by atoms with Crippen LogP contribution in [0.4, 0.5) is 0 Å². The molecule has 0 unspecified atom stereocenters. The Kier molecular flexibility index (Phi) is 2.61. The molecule has 3 heteroatoms. The van der Waals surface area contributed by atoms with E-state index in [1.807, 2.05) is 12.1 Å². The summed E-state index contributed by atoms with van der Waals surface area (Å²) in [6, 6.07) is 4.21. The van der Waals surface area contributed by atoms with Gasteiger partial charge in [-0.05, 0) is 30.9 Å². The van der Waals surface area contributed by atoms with Crippen molar-refractivity contribution in [3.05, 3.63) is 35.4 Å². The maximum atomic E-state index is 9.93. The molecule has 1 spiro atoms. The molecule has 3 atom stereocenters. The van der Waals surface area contributed by atoms with Crippen LogP contribution in [-0.2, 0) is 11.8 Å². The molecule has 0 saturated heterocycles. The van der Waals surface area contributed by atoms with E-state index in [-0.39, 0.29) is 11.5 Å². The Morgan fingerprint density at radius 3 is 3.10 bits per heavy atom. The van der Waals surface area contributed by atoms with Crippen LogP contribution in [0.15, 0.2) is 24.3 Å². The maximum absolute atomic E-state index is 9.93. The molecule has 1 aromatic rings. The number of aliphatic hydroxyl groups excluding tert-OH is 1. The van der Waals surface area contributed by atoms with Crippen molar-refractivity contribution < 1.29 is 14.6 Å². The molecule has 0 radical (unpaired) electrons. The number of aliphatic hydroxyl groups is 1. The van der Waals surface area contributed by atoms with Crippen molar-refractivity contribution in [3.63, 3.8) is 0 Å². The maximum Gasteiger partial charge on any atom is 0.166 e. The molecule has 3 aliphatic rings. The second kappa shape index (κ2) is 4.26. The molecule has 0 aromatic heterocycles. The lowest BCUT2D eigenvalue weighted by molar-refractivity contribution is 0.0842. The number of benzene rings is 1. The molecule has 106 valence electrons. The lowest BCUT2D eigenvalue weighted by Gasteiger charge is -2.35. The van der Waals surface area contributed by atoms with Crippen LogP contribution < -0.4 is 9.47 Å². The summed E-state index contributed by atoms with van der Waals surface area (Å²) in [5.41, 5.74) is 2.67. The number of aryl methyl sites for hydroxylation is 1. The number of ether oxygens (including phenoxy) is 2. The fourth-order valence-electron chi connectivity index (χ4n) is 4.14. The van der Waals surface area contributed by atoms with Crippen molar-refractivity contribution in [1.82, 2.24) is 0 Å². The van der Waals surface area contributed by atoms with E-state index in [9.17, 15) is 5.11 Å². The molecule has 4 rings (SSSR count). The number of hydrogen-bond acceptors (Lipinski definition) is 3. The normalized spacial score (nSPS) is 33.9. The zero-order chi connectivity index (χ0) is 13.7. The van der Waals surface area contributed by atoms with Crippen LogP contribution in [0, 0.1) is 0 Å². The highest BCUT2D eigenvalue weighted by molar-refractivity contribution is 5.60. The zero-order valence-corrected chi connectivity index (χ0v) is 11.8. The molecule has 20 heavy (non-hydrogen) atoms. The van der Waals surface area contributed by atoms with Crippen LogP contribution in [-0.4, -0.2) is 24.4 Å². The molecule has 1 aliphatic heterocycles.